The molecule has 1 atom stereocenters. The summed E-state index contributed by atoms with van der Waals surface area (Å²) >= 11 is 1.37. The van der Waals surface area contributed by atoms with Gasteiger partial charge in [-0.05, 0) is 38.0 Å². The Balaban J connectivity index is 1.73. The van der Waals surface area contributed by atoms with E-state index in [0.717, 1.165) is 10.4 Å². The van der Waals surface area contributed by atoms with Gasteiger partial charge < -0.3 is 19.4 Å². The molecule has 0 aromatic carbocycles. The third-order valence-corrected chi connectivity index (χ3v) is 5.85. The highest BCUT2D eigenvalue weighted by Crippen LogP contribution is 2.35. The molecule has 2 amide bonds. The lowest BCUT2D eigenvalue weighted by molar-refractivity contribution is -0.128. The summed E-state index contributed by atoms with van der Waals surface area (Å²) in [6.45, 7) is 6.58. The minimum Gasteiger partial charge on any atom is -0.467 e. The molecule has 0 radical (unpaired) electrons. The molecule has 150 valence electrons. The van der Waals surface area contributed by atoms with Crippen molar-refractivity contribution in [2.75, 3.05) is 18.5 Å². The number of likely N-dealkylation sites (tertiary alicyclic amines) is 1. The van der Waals surface area contributed by atoms with E-state index in [0.29, 0.717) is 35.8 Å². The van der Waals surface area contributed by atoms with Crippen LogP contribution in [0.4, 0.5) is 5.00 Å². The zero-order valence-corrected chi connectivity index (χ0v) is 17.1. The molecule has 0 spiro atoms. The van der Waals surface area contributed by atoms with Gasteiger partial charge >= 0.3 is 5.97 Å². The van der Waals surface area contributed by atoms with Crippen LogP contribution in [0.1, 0.15) is 46.8 Å². The quantitative estimate of drug-likeness (QED) is 0.715. The second kappa shape index (κ2) is 8.60. The fourth-order valence-electron chi connectivity index (χ4n) is 3.42. The molecule has 1 aliphatic heterocycles. The third kappa shape index (κ3) is 4.11. The van der Waals surface area contributed by atoms with Crippen LogP contribution in [-0.2, 0) is 27.3 Å². The van der Waals surface area contributed by atoms with Crippen LogP contribution in [0, 0.1) is 12.8 Å². The molecule has 0 saturated carbocycles. The van der Waals surface area contributed by atoms with E-state index in [1.807, 2.05) is 13.8 Å². The Labute approximate surface area is 167 Å². The van der Waals surface area contributed by atoms with E-state index in [2.05, 4.69) is 5.32 Å². The van der Waals surface area contributed by atoms with Crippen molar-refractivity contribution in [1.29, 1.82) is 0 Å². The molecule has 7 nitrogen and oxygen atoms in total. The monoisotopic (exact) mass is 404 g/mol. The second-order valence-corrected chi connectivity index (χ2v) is 7.88. The van der Waals surface area contributed by atoms with Crippen molar-refractivity contribution >= 4 is 34.1 Å². The van der Waals surface area contributed by atoms with Crippen molar-refractivity contribution in [3.05, 3.63) is 40.2 Å². The van der Waals surface area contributed by atoms with Gasteiger partial charge in [0.15, 0.2) is 0 Å². The topological polar surface area (TPSA) is 88.8 Å². The van der Waals surface area contributed by atoms with Crippen molar-refractivity contribution in [1.82, 2.24) is 4.90 Å². The first-order chi connectivity index (χ1) is 13.4. The normalized spacial score (nSPS) is 16.5. The Bertz CT molecular complexity index is 872. The van der Waals surface area contributed by atoms with Gasteiger partial charge in [0.1, 0.15) is 10.8 Å². The van der Waals surface area contributed by atoms with E-state index < -0.39 is 11.9 Å². The standard InChI is InChI=1S/C20H24N2O5S/c1-4-15-12(3)28-19(17(15)20(25)26-5-2)21-18(24)13-9-16(23)22(10-13)11-14-7-6-8-27-14/h6-8,13H,4-5,9-11H2,1-3H3,(H,21,24). The van der Waals surface area contributed by atoms with E-state index in [1.54, 1.807) is 30.2 Å². The molecule has 0 bridgehead atoms. The average Bonchev–Trinajstić information content (AvgIpc) is 3.36. The molecule has 28 heavy (non-hydrogen) atoms. The van der Waals surface area contributed by atoms with E-state index in [9.17, 15) is 14.4 Å². The van der Waals surface area contributed by atoms with Gasteiger partial charge in [-0.1, -0.05) is 6.92 Å². The molecule has 3 rings (SSSR count). The highest BCUT2D eigenvalue weighted by molar-refractivity contribution is 7.16. The predicted octanol–water partition coefficient (Wildman–Crippen LogP) is 3.38. The average molecular weight is 404 g/mol. The van der Waals surface area contributed by atoms with Gasteiger partial charge in [-0.25, -0.2) is 4.79 Å². The van der Waals surface area contributed by atoms with Crippen LogP contribution in [0.3, 0.4) is 0 Å². The van der Waals surface area contributed by atoms with E-state index in [4.69, 9.17) is 9.15 Å². The number of aryl methyl sites for hydroxylation is 1. The zero-order valence-electron chi connectivity index (χ0n) is 16.2. The molecule has 2 aromatic rings. The minimum atomic E-state index is -0.468. The first-order valence-electron chi connectivity index (χ1n) is 9.34. The van der Waals surface area contributed by atoms with Crippen LogP contribution in [0.15, 0.2) is 22.8 Å². The number of anilines is 1. The maximum Gasteiger partial charge on any atom is 0.341 e. The number of carbonyl (C=O) groups is 3. The van der Waals surface area contributed by atoms with Crippen molar-refractivity contribution in [2.24, 2.45) is 5.92 Å². The predicted molar refractivity (Wildman–Crippen MR) is 105 cm³/mol. The Morgan fingerprint density at radius 2 is 2.18 bits per heavy atom. The lowest BCUT2D eigenvalue weighted by Crippen LogP contribution is -2.28. The molecule has 0 aliphatic carbocycles. The summed E-state index contributed by atoms with van der Waals surface area (Å²) in [7, 11) is 0. The maximum atomic E-state index is 12.8. The Morgan fingerprint density at radius 1 is 1.39 bits per heavy atom. The van der Waals surface area contributed by atoms with Gasteiger partial charge in [0, 0.05) is 17.8 Å². The van der Waals surface area contributed by atoms with Crippen LogP contribution in [0.5, 0.6) is 0 Å². The van der Waals surface area contributed by atoms with Crippen LogP contribution in [-0.4, -0.2) is 35.8 Å². The largest absolute Gasteiger partial charge is 0.467 e. The van der Waals surface area contributed by atoms with Gasteiger partial charge in [-0.3, -0.25) is 9.59 Å². The van der Waals surface area contributed by atoms with Crippen molar-refractivity contribution < 1.29 is 23.5 Å². The number of carbonyl (C=O) groups excluding carboxylic acids is 3. The number of furan rings is 1. The van der Waals surface area contributed by atoms with Crippen molar-refractivity contribution in [3.8, 4) is 0 Å². The fraction of sp³-hybridized carbons (Fsp3) is 0.450. The first-order valence-corrected chi connectivity index (χ1v) is 10.2. The van der Waals surface area contributed by atoms with Crippen LogP contribution in [0.25, 0.3) is 0 Å². The number of ether oxygens (including phenoxy) is 1. The smallest absolute Gasteiger partial charge is 0.341 e. The molecule has 3 heterocycles. The molecule has 1 fully saturated rings. The number of hydrogen-bond donors (Lipinski definition) is 1. The van der Waals surface area contributed by atoms with E-state index in [1.165, 1.54) is 11.3 Å². The summed E-state index contributed by atoms with van der Waals surface area (Å²) in [5, 5.41) is 3.36. The fourth-order valence-corrected chi connectivity index (χ4v) is 4.55. The third-order valence-electron chi connectivity index (χ3n) is 4.79. The molecule has 1 N–H and O–H groups in total. The SMILES string of the molecule is CCOC(=O)c1c(NC(=O)C2CC(=O)N(Cc3ccco3)C2)sc(C)c1CC. The lowest BCUT2D eigenvalue weighted by Gasteiger charge is -2.15. The molecule has 1 unspecified atom stereocenters. The molecular formula is C20H24N2O5S. The van der Waals surface area contributed by atoms with Gasteiger partial charge in [-0.2, -0.15) is 0 Å². The number of esters is 1. The summed E-state index contributed by atoms with van der Waals surface area (Å²) in [4.78, 5) is 40.1. The molecular weight excluding hydrogens is 380 g/mol. The van der Waals surface area contributed by atoms with Crippen molar-refractivity contribution in [2.45, 2.75) is 40.2 Å². The summed E-state index contributed by atoms with van der Waals surface area (Å²) < 4.78 is 10.5. The highest BCUT2D eigenvalue weighted by atomic mass is 32.1. The number of nitrogens with one attached hydrogen (secondary N) is 1. The summed E-state index contributed by atoms with van der Waals surface area (Å²) in [6, 6.07) is 3.56. The zero-order chi connectivity index (χ0) is 20.3. The second-order valence-electron chi connectivity index (χ2n) is 6.66. The number of amides is 2. The van der Waals surface area contributed by atoms with Gasteiger partial charge in [0.05, 0.1) is 30.9 Å². The molecule has 2 aromatic heterocycles. The van der Waals surface area contributed by atoms with Gasteiger partial charge in [0.2, 0.25) is 11.8 Å². The molecule has 8 heteroatoms. The number of rotatable bonds is 7. The van der Waals surface area contributed by atoms with Gasteiger partial charge in [0.25, 0.3) is 0 Å². The van der Waals surface area contributed by atoms with Gasteiger partial charge in [-0.15, -0.1) is 11.3 Å². The number of thiophene rings is 1. The van der Waals surface area contributed by atoms with E-state index >= 15 is 0 Å². The first kappa shape index (κ1) is 20.1. The van der Waals surface area contributed by atoms with Crippen LogP contribution < -0.4 is 5.32 Å². The van der Waals surface area contributed by atoms with Crippen LogP contribution in [0.2, 0.25) is 0 Å². The summed E-state index contributed by atoms with van der Waals surface area (Å²) in [6.07, 6.45) is 2.37. The lowest BCUT2D eigenvalue weighted by atomic mass is 10.1. The summed E-state index contributed by atoms with van der Waals surface area (Å²) in [5.74, 6) is -0.560. The number of hydrogen-bond acceptors (Lipinski definition) is 6. The molecule has 1 aliphatic rings. The van der Waals surface area contributed by atoms with Crippen molar-refractivity contribution in [3.63, 3.8) is 0 Å². The van der Waals surface area contributed by atoms with Crippen LogP contribution >= 0.6 is 11.3 Å². The minimum absolute atomic E-state index is 0.0845. The Kier molecular flexibility index (Phi) is 6.18. The Morgan fingerprint density at radius 3 is 2.82 bits per heavy atom. The summed E-state index contributed by atoms with van der Waals surface area (Å²) in [5.41, 5.74) is 1.32. The number of nitrogens with zero attached hydrogens (tertiary/aromatic N) is 1. The molecule has 1 saturated heterocycles. The highest BCUT2D eigenvalue weighted by Gasteiger charge is 2.35. The maximum absolute atomic E-state index is 12.8. The van der Waals surface area contributed by atoms with E-state index in [-0.39, 0.29) is 24.8 Å². The Hall–Kier alpha value is -2.61.